The fraction of sp³-hybridized carbons (Fsp3) is 0.727. The predicted octanol–water partition coefficient (Wildman–Crippen LogP) is 2.12. The highest BCUT2D eigenvalue weighted by Crippen LogP contribution is 2.49. The van der Waals surface area contributed by atoms with E-state index in [2.05, 4.69) is 16.6 Å². The molecule has 1 fully saturated rings. The minimum atomic E-state index is -3.31. The molecule has 102 valence electrons. The van der Waals surface area contributed by atoms with E-state index in [0.717, 1.165) is 24.5 Å². The zero-order valence-electron chi connectivity index (χ0n) is 10.7. The third kappa shape index (κ3) is 2.47. The van der Waals surface area contributed by atoms with Gasteiger partial charge in [0.2, 0.25) is 0 Å². The number of hydrogen-bond acceptors (Lipinski definition) is 6. The van der Waals surface area contributed by atoms with Crippen molar-refractivity contribution in [2.75, 3.05) is 23.3 Å². The van der Waals surface area contributed by atoms with E-state index >= 15 is 0 Å². The Balaban J connectivity index is 2.19. The van der Waals surface area contributed by atoms with Crippen molar-refractivity contribution >= 4 is 32.2 Å². The lowest BCUT2D eigenvalue weighted by Gasteiger charge is -2.14. The van der Waals surface area contributed by atoms with Crippen LogP contribution >= 0.6 is 11.5 Å². The molecule has 1 aliphatic carbocycles. The van der Waals surface area contributed by atoms with E-state index in [1.54, 1.807) is 6.92 Å². The smallest absolute Gasteiger partial charge is 0.184 e. The Hall–Kier alpha value is -0.820. The van der Waals surface area contributed by atoms with Crippen molar-refractivity contribution < 1.29 is 8.42 Å². The average Bonchev–Trinajstić information content (AvgIpc) is 3.04. The Morgan fingerprint density at radius 3 is 2.61 bits per heavy atom. The summed E-state index contributed by atoms with van der Waals surface area (Å²) in [5.74, 6) is 0.161. The fourth-order valence-electron chi connectivity index (χ4n) is 1.95. The minimum absolute atomic E-state index is 0.0449. The standard InChI is InChI=1S/C11H19N3O2S2/c1-3-11(5-6-11)7-13-10-8(9(12)14-17-10)18(15,16)4-2/h13H,3-7H2,1-2H3,(H2,12,14). The van der Waals surface area contributed by atoms with Gasteiger partial charge in [-0.15, -0.1) is 0 Å². The molecule has 0 unspecified atom stereocenters. The van der Waals surface area contributed by atoms with Crippen LogP contribution < -0.4 is 11.1 Å². The Labute approximate surface area is 112 Å². The molecule has 0 aliphatic heterocycles. The minimum Gasteiger partial charge on any atom is -0.382 e. The Morgan fingerprint density at radius 1 is 1.44 bits per heavy atom. The van der Waals surface area contributed by atoms with Crippen LogP contribution in [0.5, 0.6) is 0 Å². The topological polar surface area (TPSA) is 85.1 Å². The van der Waals surface area contributed by atoms with Crippen molar-refractivity contribution in [3.05, 3.63) is 0 Å². The van der Waals surface area contributed by atoms with Gasteiger partial charge in [-0.2, -0.15) is 4.37 Å². The fourth-order valence-corrected chi connectivity index (χ4v) is 4.11. The molecule has 3 N–H and O–H groups in total. The van der Waals surface area contributed by atoms with Crippen molar-refractivity contribution in [1.82, 2.24) is 4.37 Å². The molecule has 0 saturated heterocycles. The summed E-state index contributed by atoms with van der Waals surface area (Å²) in [6.45, 7) is 4.58. The molecule has 1 aliphatic rings. The highest BCUT2D eigenvalue weighted by Gasteiger charge is 2.40. The van der Waals surface area contributed by atoms with Crippen LogP contribution in [0.15, 0.2) is 4.90 Å². The number of rotatable bonds is 6. The number of anilines is 2. The SMILES string of the molecule is CCC1(CNc2snc(N)c2S(=O)(=O)CC)CC1. The van der Waals surface area contributed by atoms with Gasteiger partial charge in [0, 0.05) is 6.54 Å². The Morgan fingerprint density at radius 2 is 2.11 bits per heavy atom. The van der Waals surface area contributed by atoms with Crippen molar-refractivity contribution in [3.63, 3.8) is 0 Å². The molecule has 2 rings (SSSR count). The molecule has 18 heavy (non-hydrogen) atoms. The Bertz CT molecular complexity index is 532. The summed E-state index contributed by atoms with van der Waals surface area (Å²) in [5.41, 5.74) is 6.02. The zero-order chi connectivity index (χ0) is 13.4. The maximum atomic E-state index is 12.0. The first-order chi connectivity index (χ1) is 8.44. The normalized spacial score (nSPS) is 17.7. The predicted molar refractivity (Wildman–Crippen MR) is 74.7 cm³/mol. The van der Waals surface area contributed by atoms with Gasteiger partial charge in [-0.1, -0.05) is 13.8 Å². The second-order valence-electron chi connectivity index (χ2n) is 4.84. The summed E-state index contributed by atoms with van der Waals surface area (Å²) in [7, 11) is -3.31. The van der Waals surface area contributed by atoms with Crippen LogP contribution in [0.1, 0.15) is 33.1 Å². The lowest BCUT2D eigenvalue weighted by Crippen LogP contribution is -2.16. The van der Waals surface area contributed by atoms with Gasteiger partial charge in [-0.05, 0) is 36.2 Å². The molecule has 5 nitrogen and oxygen atoms in total. The van der Waals surface area contributed by atoms with Crippen LogP contribution in [0, 0.1) is 5.41 Å². The molecule has 0 amide bonds. The monoisotopic (exact) mass is 289 g/mol. The van der Waals surface area contributed by atoms with Gasteiger partial charge >= 0.3 is 0 Å². The molecule has 0 radical (unpaired) electrons. The first kappa shape index (κ1) is 13.6. The highest BCUT2D eigenvalue weighted by molar-refractivity contribution is 7.91. The molecule has 1 saturated carbocycles. The molecule has 0 bridgehead atoms. The largest absolute Gasteiger partial charge is 0.382 e. The van der Waals surface area contributed by atoms with Gasteiger partial charge in [0.15, 0.2) is 15.7 Å². The van der Waals surface area contributed by atoms with Crippen LogP contribution in [0.4, 0.5) is 10.8 Å². The summed E-state index contributed by atoms with van der Waals surface area (Å²) in [5, 5.41) is 3.82. The lowest BCUT2D eigenvalue weighted by molar-refractivity contribution is 0.521. The van der Waals surface area contributed by atoms with Crippen LogP contribution in [-0.2, 0) is 9.84 Å². The van der Waals surface area contributed by atoms with Crippen LogP contribution in [0.25, 0.3) is 0 Å². The van der Waals surface area contributed by atoms with Gasteiger partial charge in [-0.3, -0.25) is 0 Å². The van der Waals surface area contributed by atoms with E-state index in [-0.39, 0.29) is 16.5 Å². The molecule has 1 aromatic heterocycles. The van der Waals surface area contributed by atoms with E-state index in [4.69, 9.17) is 5.73 Å². The van der Waals surface area contributed by atoms with Crippen LogP contribution in [0.2, 0.25) is 0 Å². The number of sulfone groups is 1. The summed E-state index contributed by atoms with van der Waals surface area (Å²) in [6.07, 6.45) is 3.53. The number of nitrogens with two attached hydrogens (primary N) is 1. The van der Waals surface area contributed by atoms with Crippen molar-refractivity contribution in [1.29, 1.82) is 0 Å². The second kappa shape index (κ2) is 4.70. The molecule has 0 spiro atoms. The van der Waals surface area contributed by atoms with Gasteiger partial charge in [0.1, 0.15) is 9.90 Å². The maximum absolute atomic E-state index is 12.0. The van der Waals surface area contributed by atoms with Crippen LogP contribution in [0.3, 0.4) is 0 Å². The molecule has 0 atom stereocenters. The van der Waals surface area contributed by atoms with E-state index in [0.29, 0.717) is 10.4 Å². The van der Waals surface area contributed by atoms with Gasteiger partial charge < -0.3 is 11.1 Å². The molecular weight excluding hydrogens is 270 g/mol. The third-order valence-corrected chi connectivity index (χ3v) is 6.44. The molecule has 1 aromatic rings. The molecule has 7 heteroatoms. The first-order valence-corrected chi connectivity index (χ1v) is 8.58. The number of nitrogens with zero attached hydrogens (tertiary/aromatic N) is 1. The highest BCUT2D eigenvalue weighted by atomic mass is 32.2. The van der Waals surface area contributed by atoms with Crippen molar-refractivity contribution in [3.8, 4) is 0 Å². The van der Waals surface area contributed by atoms with E-state index < -0.39 is 9.84 Å². The van der Waals surface area contributed by atoms with E-state index in [1.165, 1.54) is 12.8 Å². The summed E-state index contributed by atoms with van der Waals surface area (Å²) in [4.78, 5) is 0.182. The van der Waals surface area contributed by atoms with Crippen LogP contribution in [-0.4, -0.2) is 25.1 Å². The maximum Gasteiger partial charge on any atom is 0.184 e. The van der Waals surface area contributed by atoms with Crippen molar-refractivity contribution in [2.24, 2.45) is 5.41 Å². The number of aromatic nitrogens is 1. The third-order valence-electron chi connectivity index (χ3n) is 3.70. The average molecular weight is 289 g/mol. The second-order valence-corrected chi connectivity index (χ2v) is 7.83. The number of nitrogen functional groups attached to an aromatic ring is 1. The van der Waals surface area contributed by atoms with Crippen molar-refractivity contribution in [2.45, 2.75) is 38.0 Å². The molecule has 1 heterocycles. The van der Waals surface area contributed by atoms with E-state index in [9.17, 15) is 8.42 Å². The summed E-state index contributed by atoms with van der Waals surface area (Å²) in [6, 6.07) is 0. The lowest BCUT2D eigenvalue weighted by atomic mass is 10.0. The Kier molecular flexibility index (Phi) is 3.55. The zero-order valence-corrected chi connectivity index (χ0v) is 12.3. The summed E-state index contributed by atoms with van der Waals surface area (Å²) < 4.78 is 27.9. The molecule has 0 aromatic carbocycles. The number of nitrogens with one attached hydrogen (secondary N) is 1. The summed E-state index contributed by atoms with van der Waals surface area (Å²) >= 11 is 1.13. The molecular formula is C11H19N3O2S2. The number of hydrogen-bond donors (Lipinski definition) is 2. The van der Waals surface area contributed by atoms with Gasteiger partial charge in [0.25, 0.3) is 0 Å². The van der Waals surface area contributed by atoms with Gasteiger partial charge in [-0.25, -0.2) is 8.42 Å². The van der Waals surface area contributed by atoms with Gasteiger partial charge in [0.05, 0.1) is 5.75 Å². The quantitative estimate of drug-likeness (QED) is 0.838. The first-order valence-electron chi connectivity index (χ1n) is 6.16. The van der Waals surface area contributed by atoms with E-state index in [1.807, 2.05) is 0 Å².